The van der Waals surface area contributed by atoms with E-state index < -0.39 is 17.8 Å². The third-order valence-electron chi connectivity index (χ3n) is 1.72. The van der Waals surface area contributed by atoms with E-state index in [2.05, 4.69) is 21.4 Å². The summed E-state index contributed by atoms with van der Waals surface area (Å²) in [6.07, 6.45) is 0.982. The molecule has 18 heavy (non-hydrogen) atoms. The molecular weight excluding hydrogens is 242 g/mol. The van der Waals surface area contributed by atoms with E-state index in [1.165, 1.54) is 7.11 Å². The van der Waals surface area contributed by atoms with Gasteiger partial charge in [0.25, 0.3) is 0 Å². The van der Waals surface area contributed by atoms with Crippen LogP contribution in [-0.4, -0.2) is 51.3 Å². The smallest absolute Gasteiger partial charge is 0.330 e. The monoisotopic (exact) mass is 259 g/mol. The molecule has 0 heterocycles. The maximum Gasteiger partial charge on any atom is 0.330 e. The Bertz CT molecular complexity index is 302. The van der Waals surface area contributed by atoms with Gasteiger partial charge in [0.15, 0.2) is 0 Å². The summed E-state index contributed by atoms with van der Waals surface area (Å²) in [5.74, 6) is -1.55. The first-order valence-corrected chi connectivity index (χ1v) is 5.30. The number of ether oxygens (including phenoxy) is 3. The lowest BCUT2D eigenvalue weighted by atomic mass is 10.4. The van der Waals surface area contributed by atoms with Crippen molar-refractivity contribution >= 4 is 17.8 Å². The molecule has 7 heteroatoms. The first kappa shape index (κ1) is 16.1. The molecule has 102 valence electrons. The predicted octanol–water partition coefficient (Wildman–Crippen LogP) is -0.588. The lowest BCUT2D eigenvalue weighted by Gasteiger charge is -2.06. The van der Waals surface area contributed by atoms with E-state index >= 15 is 0 Å². The van der Waals surface area contributed by atoms with Gasteiger partial charge in [0, 0.05) is 13.2 Å². The highest BCUT2D eigenvalue weighted by atomic mass is 16.6. The minimum atomic E-state index is -0.596. The molecule has 0 rings (SSSR count). The van der Waals surface area contributed by atoms with Gasteiger partial charge >= 0.3 is 11.9 Å². The largest absolute Gasteiger partial charge is 0.462 e. The molecule has 7 nitrogen and oxygen atoms in total. The average molecular weight is 259 g/mol. The third-order valence-corrected chi connectivity index (χ3v) is 1.72. The minimum absolute atomic E-state index is 0.0229. The summed E-state index contributed by atoms with van der Waals surface area (Å²) >= 11 is 0. The summed E-state index contributed by atoms with van der Waals surface area (Å²) in [6, 6.07) is 0. The number of esters is 2. The summed E-state index contributed by atoms with van der Waals surface area (Å²) < 4.78 is 14.0. The molecule has 0 aliphatic heterocycles. The molecule has 0 aromatic rings. The molecule has 1 N–H and O–H groups in total. The van der Waals surface area contributed by atoms with Crippen LogP contribution in [0.25, 0.3) is 0 Å². The summed E-state index contributed by atoms with van der Waals surface area (Å²) in [5.41, 5.74) is 0. The van der Waals surface area contributed by atoms with E-state index in [0.717, 1.165) is 6.08 Å². The van der Waals surface area contributed by atoms with Gasteiger partial charge in [-0.1, -0.05) is 6.58 Å². The number of amides is 1. The van der Waals surface area contributed by atoms with E-state index in [1.54, 1.807) is 0 Å². The Morgan fingerprint density at radius 3 is 2.50 bits per heavy atom. The fourth-order valence-corrected chi connectivity index (χ4v) is 0.852. The molecule has 0 spiro atoms. The zero-order valence-corrected chi connectivity index (χ0v) is 10.3. The van der Waals surface area contributed by atoms with Crippen LogP contribution in [0.15, 0.2) is 12.7 Å². The Hall–Kier alpha value is -1.89. The predicted molar refractivity (Wildman–Crippen MR) is 61.6 cm³/mol. The van der Waals surface area contributed by atoms with Gasteiger partial charge in [-0.2, -0.15) is 0 Å². The number of carbonyl (C=O) groups excluding carboxylic acids is 3. The van der Waals surface area contributed by atoms with Crippen molar-refractivity contribution in [3.8, 4) is 0 Å². The van der Waals surface area contributed by atoms with Crippen molar-refractivity contribution < 1.29 is 28.6 Å². The Balaban J connectivity index is 3.54. The average Bonchev–Trinajstić information content (AvgIpc) is 2.36. The summed E-state index contributed by atoms with van der Waals surface area (Å²) in [4.78, 5) is 32.9. The van der Waals surface area contributed by atoms with Gasteiger partial charge in [0.1, 0.15) is 19.8 Å². The van der Waals surface area contributed by atoms with Crippen LogP contribution in [0, 0.1) is 0 Å². The zero-order valence-electron chi connectivity index (χ0n) is 10.3. The molecule has 0 fully saturated rings. The van der Waals surface area contributed by atoms with Crippen LogP contribution in [-0.2, 0) is 28.6 Å². The van der Waals surface area contributed by atoms with Crippen molar-refractivity contribution in [2.75, 3.05) is 33.5 Å². The van der Waals surface area contributed by atoms with Gasteiger partial charge in [-0.15, -0.1) is 0 Å². The van der Waals surface area contributed by atoms with Crippen LogP contribution in [0.1, 0.15) is 6.42 Å². The third kappa shape index (κ3) is 9.34. The Morgan fingerprint density at radius 1 is 1.17 bits per heavy atom. The van der Waals surface area contributed by atoms with E-state index in [0.29, 0.717) is 6.61 Å². The second-order valence-electron chi connectivity index (χ2n) is 3.11. The van der Waals surface area contributed by atoms with Crippen molar-refractivity contribution in [3.63, 3.8) is 0 Å². The molecule has 0 aromatic heterocycles. The number of carbonyl (C=O) groups is 3. The maximum atomic E-state index is 11.2. The van der Waals surface area contributed by atoms with Crippen LogP contribution in [0.3, 0.4) is 0 Å². The lowest BCUT2D eigenvalue weighted by molar-refractivity contribution is -0.145. The highest BCUT2D eigenvalue weighted by Crippen LogP contribution is 1.86. The maximum absolute atomic E-state index is 11.2. The zero-order chi connectivity index (χ0) is 13.8. The fraction of sp³-hybridized carbons (Fsp3) is 0.545. The van der Waals surface area contributed by atoms with Gasteiger partial charge < -0.3 is 19.5 Å². The normalized spacial score (nSPS) is 9.39. The molecule has 0 atom stereocenters. The molecule has 0 aromatic carbocycles. The number of rotatable bonds is 9. The Labute approximate surface area is 105 Å². The van der Waals surface area contributed by atoms with Gasteiger partial charge in [-0.25, -0.2) is 4.79 Å². The van der Waals surface area contributed by atoms with Gasteiger partial charge in [0.05, 0.1) is 13.0 Å². The van der Waals surface area contributed by atoms with Crippen molar-refractivity contribution in [1.82, 2.24) is 5.32 Å². The van der Waals surface area contributed by atoms with Gasteiger partial charge in [-0.05, 0) is 0 Å². The molecule has 0 saturated heterocycles. The van der Waals surface area contributed by atoms with Crippen molar-refractivity contribution in [3.05, 3.63) is 12.7 Å². The fourth-order valence-electron chi connectivity index (χ4n) is 0.852. The molecule has 0 radical (unpaired) electrons. The van der Waals surface area contributed by atoms with Crippen LogP contribution in [0.4, 0.5) is 0 Å². The molecule has 1 amide bonds. The SMILES string of the molecule is C=CC(=O)OCCC(=O)NCC(=O)OCCOC. The Kier molecular flexibility index (Phi) is 9.20. The van der Waals surface area contributed by atoms with Crippen LogP contribution < -0.4 is 5.32 Å². The number of methoxy groups -OCH3 is 1. The highest BCUT2D eigenvalue weighted by Gasteiger charge is 2.07. The standard InChI is InChI=1S/C11H17NO6/c1-3-10(14)17-5-4-9(13)12-8-11(15)18-7-6-16-2/h3H,1,4-8H2,2H3,(H,12,13). The van der Waals surface area contributed by atoms with Crippen LogP contribution in [0.5, 0.6) is 0 Å². The quantitative estimate of drug-likeness (QED) is 0.338. The second kappa shape index (κ2) is 10.3. The second-order valence-corrected chi connectivity index (χ2v) is 3.11. The number of nitrogens with one attached hydrogen (secondary N) is 1. The summed E-state index contributed by atoms with van der Waals surface area (Å²) in [6.45, 7) is 3.37. The topological polar surface area (TPSA) is 90.9 Å². The van der Waals surface area contributed by atoms with E-state index in [4.69, 9.17) is 4.74 Å². The first-order chi connectivity index (χ1) is 8.60. The van der Waals surface area contributed by atoms with Crippen molar-refractivity contribution in [2.24, 2.45) is 0 Å². The number of hydrogen-bond donors (Lipinski definition) is 1. The van der Waals surface area contributed by atoms with Crippen LogP contribution >= 0.6 is 0 Å². The summed E-state index contributed by atoms with van der Waals surface area (Å²) in [7, 11) is 1.49. The molecular formula is C11H17NO6. The minimum Gasteiger partial charge on any atom is -0.462 e. The molecule has 0 aliphatic rings. The lowest BCUT2D eigenvalue weighted by Crippen LogP contribution is -2.31. The van der Waals surface area contributed by atoms with Crippen LogP contribution in [0.2, 0.25) is 0 Å². The summed E-state index contributed by atoms with van der Waals surface area (Å²) in [5, 5.41) is 2.33. The molecule has 0 saturated carbocycles. The van der Waals surface area contributed by atoms with Gasteiger partial charge in [0.2, 0.25) is 5.91 Å². The first-order valence-electron chi connectivity index (χ1n) is 5.30. The van der Waals surface area contributed by atoms with Crippen molar-refractivity contribution in [1.29, 1.82) is 0 Å². The molecule has 0 aliphatic carbocycles. The van der Waals surface area contributed by atoms with E-state index in [-0.39, 0.29) is 26.2 Å². The highest BCUT2D eigenvalue weighted by molar-refractivity contribution is 5.83. The number of hydrogen-bond acceptors (Lipinski definition) is 6. The van der Waals surface area contributed by atoms with Crippen molar-refractivity contribution in [2.45, 2.75) is 6.42 Å². The molecule has 0 unspecified atom stereocenters. The van der Waals surface area contributed by atoms with Gasteiger partial charge in [-0.3, -0.25) is 9.59 Å². The van der Waals surface area contributed by atoms with E-state index in [9.17, 15) is 14.4 Å². The molecule has 0 bridgehead atoms. The Morgan fingerprint density at radius 2 is 1.89 bits per heavy atom. The van der Waals surface area contributed by atoms with E-state index in [1.807, 2.05) is 0 Å².